The van der Waals surface area contributed by atoms with Gasteiger partial charge < -0.3 is 0 Å². The van der Waals surface area contributed by atoms with Crippen LogP contribution in [0, 0.1) is 6.92 Å². The van der Waals surface area contributed by atoms with Gasteiger partial charge in [0, 0.05) is 16.6 Å². The van der Waals surface area contributed by atoms with E-state index >= 15 is 0 Å². The Morgan fingerprint density at radius 2 is 1.73 bits per heavy atom. The van der Waals surface area contributed by atoms with E-state index in [1.165, 1.54) is 4.31 Å². The van der Waals surface area contributed by atoms with E-state index in [2.05, 4.69) is 15.9 Å². The minimum absolute atomic E-state index is 0.125. The molecule has 0 N–H and O–H groups in total. The van der Waals surface area contributed by atoms with Gasteiger partial charge in [0.1, 0.15) is 0 Å². The SMILES string of the molecule is Cc1ccc(S(=O)(=O)N2CC(=O)c3cccc(Br)c3C2)cc1. The second kappa shape index (κ2) is 5.61. The Labute approximate surface area is 137 Å². The number of carbonyl (C=O) groups excluding carboxylic acids is 1. The first kappa shape index (κ1) is 15.4. The van der Waals surface area contributed by atoms with Crippen molar-refractivity contribution in [2.24, 2.45) is 0 Å². The molecule has 1 aliphatic heterocycles. The van der Waals surface area contributed by atoms with E-state index in [0.29, 0.717) is 5.56 Å². The fraction of sp³-hybridized carbons (Fsp3) is 0.188. The van der Waals surface area contributed by atoms with Crippen LogP contribution in [-0.2, 0) is 16.6 Å². The molecule has 114 valence electrons. The molecule has 0 aromatic heterocycles. The minimum Gasteiger partial charge on any atom is -0.293 e. The van der Waals surface area contributed by atoms with E-state index in [4.69, 9.17) is 0 Å². The number of sulfonamides is 1. The summed E-state index contributed by atoms with van der Waals surface area (Å²) in [5.41, 5.74) is 2.29. The van der Waals surface area contributed by atoms with Crippen molar-refractivity contribution in [2.45, 2.75) is 18.4 Å². The van der Waals surface area contributed by atoms with Crippen molar-refractivity contribution in [3.05, 3.63) is 63.6 Å². The number of carbonyl (C=O) groups is 1. The highest BCUT2D eigenvalue weighted by Crippen LogP contribution is 2.29. The van der Waals surface area contributed by atoms with Gasteiger partial charge in [0.05, 0.1) is 11.4 Å². The van der Waals surface area contributed by atoms with Crippen LogP contribution in [0.2, 0.25) is 0 Å². The molecule has 2 aromatic rings. The van der Waals surface area contributed by atoms with Crippen LogP contribution in [-0.4, -0.2) is 25.1 Å². The molecule has 0 amide bonds. The summed E-state index contributed by atoms with van der Waals surface area (Å²) in [5, 5.41) is 0. The lowest BCUT2D eigenvalue weighted by atomic mass is 10.0. The first-order chi connectivity index (χ1) is 10.4. The standard InChI is InChI=1S/C16H14BrNO3S/c1-11-5-7-12(8-6-11)22(20,21)18-9-14-13(16(19)10-18)3-2-4-15(14)17/h2-8H,9-10H2,1H3. The Morgan fingerprint density at radius 1 is 1.05 bits per heavy atom. The maximum absolute atomic E-state index is 12.7. The molecule has 0 saturated heterocycles. The lowest BCUT2D eigenvalue weighted by Gasteiger charge is -2.27. The molecule has 4 nitrogen and oxygen atoms in total. The predicted octanol–water partition coefficient (Wildman–Crippen LogP) is 3.14. The van der Waals surface area contributed by atoms with Crippen LogP contribution in [0.1, 0.15) is 21.5 Å². The van der Waals surface area contributed by atoms with Crippen molar-refractivity contribution in [3.8, 4) is 0 Å². The largest absolute Gasteiger partial charge is 0.293 e. The Hall–Kier alpha value is -1.50. The van der Waals surface area contributed by atoms with Crippen LogP contribution in [0.3, 0.4) is 0 Å². The number of aryl methyl sites for hydroxylation is 1. The van der Waals surface area contributed by atoms with Gasteiger partial charge in [-0.25, -0.2) is 8.42 Å². The van der Waals surface area contributed by atoms with Gasteiger partial charge in [0.2, 0.25) is 10.0 Å². The molecule has 0 atom stereocenters. The summed E-state index contributed by atoms with van der Waals surface area (Å²) < 4.78 is 27.4. The molecule has 22 heavy (non-hydrogen) atoms. The van der Waals surface area contributed by atoms with E-state index in [1.807, 2.05) is 13.0 Å². The maximum Gasteiger partial charge on any atom is 0.243 e. The second-order valence-electron chi connectivity index (χ2n) is 5.28. The predicted molar refractivity (Wildman–Crippen MR) is 87.2 cm³/mol. The van der Waals surface area contributed by atoms with Gasteiger partial charge >= 0.3 is 0 Å². The molecule has 0 fully saturated rings. The smallest absolute Gasteiger partial charge is 0.243 e. The quantitative estimate of drug-likeness (QED) is 0.805. The third-order valence-corrected chi connectivity index (χ3v) is 6.28. The summed E-state index contributed by atoms with van der Waals surface area (Å²) in [5.74, 6) is -0.182. The Kier molecular flexibility index (Phi) is 3.92. The number of hydrogen-bond donors (Lipinski definition) is 0. The molecular weight excluding hydrogens is 366 g/mol. The fourth-order valence-electron chi connectivity index (χ4n) is 2.49. The number of halogens is 1. The normalized spacial score (nSPS) is 15.6. The monoisotopic (exact) mass is 379 g/mol. The number of fused-ring (bicyclic) bond motifs is 1. The van der Waals surface area contributed by atoms with Crippen LogP contribution in [0.4, 0.5) is 0 Å². The van der Waals surface area contributed by atoms with E-state index in [0.717, 1.165) is 15.6 Å². The molecule has 1 aliphatic rings. The Bertz CT molecular complexity index is 844. The zero-order chi connectivity index (χ0) is 15.9. The van der Waals surface area contributed by atoms with E-state index in [1.54, 1.807) is 36.4 Å². The first-order valence-electron chi connectivity index (χ1n) is 6.77. The maximum atomic E-state index is 12.7. The van der Waals surface area contributed by atoms with E-state index in [9.17, 15) is 13.2 Å². The molecule has 2 aromatic carbocycles. The number of ketones is 1. The summed E-state index contributed by atoms with van der Waals surface area (Å²) in [4.78, 5) is 12.5. The summed E-state index contributed by atoms with van der Waals surface area (Å²) in [7, 11) is -3.68. The molecule has 6 heteroatoms. The van der Waals surface area contributed by atoms with Crippen molar-refractivity contribution in [2.75, 3.05) is 6.54 Å². The molecule has 0 saturated carbocycles. The van der Waals surface area contributed by atoms with Crippen LogP contribution in [0.25, 0.3) is 0 Å². The van der Waals surface area contributed by atoms with E-state index in [-0.39, 0.29) is 23.8 Å². The average molecular weight is 380 g/mol. The number of rotatable bonds is 2. The molecular formula is C16H14BrNO3S. The van der Waals surface area contributed by atoms with Crippen LogP contribution < -0.4 is 0 Å². The third-order valence-electron chi connectivity index (χ3n) is 3.73. The van der Waals surface area contributed by atoms with Gasteiger partial charge in [-0.3, -0.25) is 4.79 Å². The second-order valence-corrected chi connectivity index (χ2v) is 8.07. The Morgan fingerprint density at radius 3 is 2.41 bits per heavy atom. The Balaban J connectivity index is 2.02. The van der Waals surface area contributed by atoms with E-state index < -0.39 is 10.0 Å². The zero-order valence-electron chi connectivity index (χ0n) is 11.9. The summed E-state index contributed by atoms with van der Waals surface area (Å²) in [6, 6.07) is 12.0. The molecule has 0 unspecified atom stereocenters. The average Bonchev–Trinajstić information content (AvgIpc) is 2.48. The van der Waals surface area contributed by atoms with Gasteiger partial charge in [-0.15, -0.1) is 0 Å². The molecule has 0 aliphatic carbocycles. The number of hydrogen-bond acceptors (Lipinski definition) is 3. The van der Waals surface area contributed by atoms with Crippen molar-refractivity contribution in [1.29, 1.82) is 0 Å². The highest BCUT2D eigenvalue weighted by molar-refractivity contribution is 9.10. The van der Waals surface area contributed by atoms with Crippen molar-refractivity contribution in [1.82, 2.24) is 4.31 Å². The highest BCUT2D eigenvalue weighted by Gasteiger charge is 2.33. The number of Topliss-reactive ketones (excluding diaryl/α,β-unsaturated/α-hetero) is 1. The molecule has 0 bridgehead atoms. The highest BCUT2D eigenvalue weighted by atomic mass is 79.9. The van der Waals surface area contributed by atoms with Crippen molar-refractivity contribution in [3.63, 3.8) is 0 Å². The van der Waals surface area contributed by atoms with Gasteiger partial charge in [-0.05, 0) is 30.7 Å². The first-order valence-corrected chi connectivity index (χ1v) is 9.00. The summed E-state index contributed by atoms with van der Waals surface area (Å²) in [6.07, 6.45) is 0. The summed E-state index contributed by atoms with van der Waals surface area (Å²) in [6.45, 7) is 1.96. The van der Waals surface area contributed by atoms with Gasteiger partial charge in [0.25, 0.3) is 0 Å². The zero-order valence-corrected chi connectivity index (χ0v) is 14.3. The van der Waals surface area contributed by atoms with Crippen LogP contribution >= 0.6 is 15.9 Å². The minimum atomic E-state index is -3.68. The lowest BCUT2D eigenvalue weighted by molar-refractivity contribution is 0.0949. The number of nitrogens with zero attached hydrogens (tertiary/aromatic N) is 1. The fourth-order valence-corrected chi connectivity index (χ4v) is 4.34. The molecule has 0 radical (unpaired) electrons. The van der Waals surface area contributed by atoms with Gasteiger partial charge in [-0.1, -0.05) is 45.8 Å². The van der Waals surface area contributed by atoms with Crippen molar-refractivity contribution < 1.29 is 13.2 Å². The molecule has 0 spiro atoms. The van der Waals surface area contributed by atoms with Gasteiger partial charge in [-0.2, -0.15) is 4.31 Å². The third kappa shape index (κ3) is 2.62. The topological polar surface area (TPSA) is 54.5 Å². The van der Waals surface area contributed by atoms with Crippen LogP contribution in [0.5, 0.6) is 0 Å². The van der Waals surface area contributed by atoms with Crippen molar-refractivity contribution >= 4 is 31.7 Å². The van der Waals surface area contributed by atoms with Crippen LogP contribution in [0.15, 0.2) is 51.8 Å². The summed E-state index contributed by atoms with van der Waals surface area (Å²) >= 11 is 3.40. The molecule has 1 heterocycles. The number of benzene rings is 2. The molecule has 3 rings (SSSR count). The lowest BCUT2D eigenvalue weighted by Crippen LogP contribution is -2.39. The van der Waals surface area contributed by atoms with Gasteiger partial charge in [0.15, 0.2) is 5.78 Å².